The van der Waals surface area contributed by atoms with Gasteiger partial charge in [0.05, 0.1) is 10.7 Å². The fourth-order valence-electron chi connectivity index (χ4n) is 2.07. The molecule has 0 radical (unpaired) electrons. The molecule has 3 heteroatoms. The highest BCUT2D eigenvalue weighted by molar-refractivity contribution is 7.09. The van der Waals surface area contributed by atoms with E-state index in [0.717, 1.165) is 24.9 Å². The molecule has 1 fully saturated rings. The van der Waals surface area contributed by atoms with Crippen LogP contribution in [0.1, 0.15) is 58.2 Å². The van der Waals surface area contributed by atoms with Crippen LogP contribution in [0.25, 0.3) is 0 Å². The molecule has 0 aliphatic heterocycles. The van der Waals surface area contributed by atoms with Crippen LogP contribution in [0.4, 0.5) is 0 Å². The van der Waals surface area contributed by atoms with Gasteiger partial charge in [-0.3, -0.25) is 0 Å². The summed E-state index contributed by atoms with van der Waals surface area (Å²) in [6.07, 6.45) is 3.87. The zero-order valence-corrected chi connectivity index (χ0v) is 13.8. The highest BCUT2D eigenvalue weighted by atomic mass is 32.1. The van der Waals surface area contributed by atoms with Crippen molar-refractivity contribution in [3.8, 4) is 0 Å². The van der Waals surface area contributed by atoms with Gasteiger partial charge in [-0.1, -0.05) is 34.6 Å². The third-order valence-corrected chi connectivity index (χ3v) is 4.97. The number of aromatic nitrogens is 1. The lowest BCUT2D eigenvalue weighted by Gasteiger charge is -2.19. The Labute approximate surface area is 122 Å². The van der Waals surface area contributed by atoms with E-state index in [1.807, 2.05) is 11.3 Å². The smallest absolute Gasteiger partial charge is 0.0931 e. The quantitative estimate of drug-likeness (QED) is 0.851. The van der Waals surface area contributed by atoms with E-state index in [1.54, 1.807) is 0 Å². The molecule has 1 aliphatic carbocycles. The lowest BCUT2D eigenvalue weighted by molar-refractivity contribution is 0.363. The topological polar surface area (TPSA) is 24.9 Å². The molecule has 1 aliphatic rings. The maximum absolute atomic E-state index is 4.81. The molecule has 0 amide bonds. The summed E-state index contributed by atoms with van der Waals surface area (Å²) in [5.41, 5.74) is 1.42. The Morgan fingerprint density at radius 1 is 1.32 bits per heavy atom. The fraction of sp³-hybridized carbons (Fsp3) is 0.812. The van der Waals surface area contributed by atoms with Gasteiger partial charge in [0, 0.05) is 23.3 Å². The van der Waals surface area contributed by atoms with E-state index in [4.69, 9.17) is 4.98 Å². The molecular formula is C16H28N2S. The highest BCUT2D eigenvalue weighted by Crippen LogP contribution is 2.27. The number of nitrogens with zero attached hydrogens (tertiary/aromatic N) is 1. The van der Waals surface area contributed by atoms with Crippen molar-refractivity contribution in [3.05, 3.63) is 16.1 Å². The van der Waals surface area contributed by atoms with Crippen molar-refractivity contribution in [2.45, 2.75) is 65.3 Å². The minimum atomic E-state index is 0.178. The molecule has 2 nitrogen and oxygen atoms in total. The predicted molar refractivity (Wildman–Crippen MR) is 83.9 cm³/mol. The van der Waals surface area contributed by atoms with E-state index >= 15 is 0 Å². The summed E-state index contributed by atoms with van der Waals surface area (Å²) in [6, 6.07) is 0.821. The van der Waals surface area contributed by atoms with Gasteiger partial charge < -0.3 is 5.32 Å². The van der Waals surface area contributed by atoms with Crippen LogP contribution in [0.3, 0.4) is 0 Å². The first kappa shape index (κ1) is 15.0. The van der Waals surface area contributed by atoms with E-state index in [-0.39, 0.29) is 5.41 Å². The van der Waals surface area contributed by atoms with E-state index in [0.29, 0.717) is 5.92 Å². The Morgan fingerprint density at radius 2 is 2.00 bits per heavy atom. The zero-order chi connectivity index (χ0) is 14.0. The molecule has 0 aromatic carbocycles. The molecule has 1 aromatic rings. The summed E-state index contributed by atoms with van der Waals surface area (Å²) in [4.78, 5) is 4.81. The molecule has 2 atom stereocenters. The van der Waals surface area contributed by atoms with Crippen molar-refractivity contribution in [2.75, 3.05) is 6.54 Å². The molecule has 1 heterocycles. The van der Waals surface area contributed by atoms with Gasteiger partial charge in [-0.2, -0.15) is 0 Å². The number of nitrogens with one attached hydrogen (secondary N) is 1. The minimum Gasteiger partial charge on any atom is -0.314 e. The largest absolute Gasteiger partial charge is 0.314 e. The van der Waals surface area contributed by atoms with Crippen LogP contribution in [-0.4, -0.2) is 17.6 Å². The number of rotatable bonds is 6. The number of hydrogen-bond donors (Lipinski definition) is 1. The Morgan fingerprint density at radius 3 is 2.53 bits per heavy atom. The van der Waals surface area contributed by atoms with E-state index in [2.05, 4.69) is 45.3 Å². The maximum atomic E-state index is 4.81. The van der Waals surface area contributed by atoms with E-state index < -0.39 is 0 Å². The number of thiazole rings is 1. The van der Waals surface area contributed by atoms with Crippen LogP contribution in [0.2, 0.25) is 0 Å². The molecule has 2 rings (SSSR count). The summed E-state index contributed by atoms with van der Waals surface area (Å²) in [5, 5.41) is 7.17. The Balaban J connectivity index is 1.83. The van der Waals surface area contributed by atoms with Crippen LogP contribution in [0, 0.1) is 11.8 Å². The van der Waals surface area contributed by atoms with Gasteiger partial charge in [0.1, 0.15) is 0 Å². The van der Waals surface area contributed by atoms with Gasteiger partial charge in [-0.25, -0.2) is 4.98 Å². The first-order valence-electron chi connectivity index (χ1n) is 7.54. The van der Waals surface area contributed by atoms with Crippen molar-refractivity contribution in [1.82, 2.24) is 10.3 Å². The lowest BCUT2D eigenvalue weighted by Crippen LogP contribution is -2.27. The van der Waals surface area contributed by atoms with E-state index in [9.17, 15) is 0 Å². The zero-order valence-electron chi connectivity index (χ0n) is 13.0. The standard InChI is InChI=1S/C16H28N2S/c1-11(12(2)9-17-13-6-7-13)8-15-18-14(10-19-15)16(3,4)5/h10-13,17H,6-9H2,1-5H3. The van der Waals surface area contributed by atoms with Crippen LogP contribution >= 0.6 is 11.3 Å². The Kier molecular flexibility index (Phi) is 4.67. The van der Waals surface area contributed by atoms with Gasteiger partial charge in [0.2, 0.25) is 0 Å². The SMILES string of the molecule is CC(CNC1CC1)C(C)Cc1nc(C(C)(C)C)cs1. The first-order valence-corrected chi connectivity index (χ1v) is 8.42. The third-order valence-electron chi connectivity index (χ3n) is 4.09. The molecule has 1 N–H and O–H groups in total. The van der Waals surface area contributed by atoms with Gasteiger partial charge in [0.15, 0.2) is 0 Å². The summed E-state index contributed by atoms with van der Waals surface area (Å²) in [6.45, 7) is 12.6. The van der Waals surface area contributed by atoms with Gasteiger partial charge in [-0.15, -0.1) is 11.3 Å². The normalized spacial score (nSPS) is 19.4. The molecule has 1 aromatic heterocycles. The minimum absolute atomic E-state index is 0.178. The van der Waals surface area contributed by atoms with Crippen molar-refractivity contribution in [2.24, 2.45) is 11.8 Å². The monoisotopic (exact) mass is 280 g/mol. The van der Waals surface area contributed by atoms with Gasteiger partial charge in [-0.05, 0) is 31.2 Å². The average Bonchev–Trinajstić information content (AvgIpc) is 3.02. The van der Waals surface area contributed by atoms with Crippen molar-refractivity contribution < 1.29 is 0 Å². The Hall–Kier alpha value is -0.410. The second kappa shape index (κ2) is 5.92. The summed E-state index contributed by atoms with van der Waals surface area (Å²) in [5.74, 6) is 1.42. The molecule has 108 valence electrons. The summed E-state index contributed by atoms with van der Waals surface area (Å²) >= 11 is 1.83. The summed E-state index contributed by atoms with van der Waals surface area (Å²) in [7, 11) is 0. The average molecular weight is 280 g/mol. The Bertz CT molecular complexity index is 401. The first-order chi connectivity index (χ1) is 8.86. The fourth-order valence-corrected chi connectivity index (χ4v) is 3.23. The second-order valence-electron chi connectivity index (χ2n) is 7.22. The molecule has 0 spiro atoms. The highest BCUT2D eigenvalue weighted by Gasteiger charge is 2.23. The molecule has 19 heavy (non-hydrogen) atoms. The molecule has 0 bridgehead atoms. The van der Waals surface area contributed by atoms with Crippen molar-refractivity contribution >= 4 is 11.3 Å². The molecular weight excluding hydrogens is 252 g/mol. The maximum Gasteiger partial charge on any atom is 0.0931 e. The van der Waals surface area contributed by atoms with Crippen molar-refractivity contribution in [1.29, 1.82) is 0 Å². The number of hydrogen-bond acceptors (Lipinski definition) is 3. The third kappa shape index (κ3) is 4.57. The lowest BCUT2D eigenvalue weighted by atomic mass is 9.92. The molecule has 1 saturated carbocycles. The van der Waals surface area contributed by atoms with Crippen LogP contribution in [0.15, 0.2) is 5.38 Å². The van der Waals surface area contributed by atoms with Crippen LogP contribution < -0.4 is 5.32 Å². The van der Waals surface area contributed by atoms with Crippen LogP contribution in [0.5, 0.6) is 0 Å². The van der Waals surface area contributed by atoms with E-state index in [1.165, 1.54) is 23.5 Å². The van der Waals surface area contributed by atoms with Gasteiger partial charge in [0.25, 0.3) is 0 Å². The molecule has 2 unspecified atom stereocenters. The predicted octanol–water partition coefficient (Wildman–Crippen LogP) is 4.01. The van der Waals surface area contributed by atoms with Crippen LogP contribution in [-0.2, 0) is 11.8 Å². The summed E-state index contributed by atoms with van der Waals surface area (Å²) < 4.78 is 0. The van der Waals surface area contributed by atoms with Gasteiger partial charge >= 0.3 is 0 Å². The molecule has 0 saturated heterocycles. The van der Waals surface area contributed by atoms with Crippen molar-refractivity contribution in [3.63, 3.8) is 0 Å². The second-order valence-corrected chi connectivity index (χ2v) is 8.16.